The molecule has 1 saturated carbocycles. The normalized spacial score (nSPS) is 26.6. The van der Waals surface area contributed by atoms with Gasteiger partial charge in [0, 0.05) is 12.1 Å². The van der Waals surface area contributed by atoms with E-state index in [1.54, 1.807) is 6.20 Å². The molecule has 4 nitrogen and oxygen atoms in total. The first-order valence-electron chi connectivity index (χ1n) is 7.51. The lowest BCUT2D eigenvalue weighted by atomic mass is 9.78. The highest BCUT2D eigenvalue weighted by Crippen LogP contribution is 2.44. The second-order valence-corrected chi connectivity index (χ2v) is 6.02. The zero-order valence-corrected chi connectivity index (χ0v) is 11.9. The Morgan fingerprint density at radius 1 is 1.35 bits per heavy atom. The van der Waals surface area contributed by atoms with Crippen molar-refractivity contribution in [3.63, 3.8) is 0 Å². The lowest BCUT2D eigenvalue weighted by Gasteiger charge is -2.26. The highest BCUT2D eigenvalue weighted by molar-refractivity contribution is 6.12. The fourth-order valence-electron chi connectivity index (χ4n) is 3.86. The average molecular weight is 275 g/mol. The summed E-state index contributed by atoms with van der Waals surface area (Å²) < 4.78 is 4.85. The molecule has 0 saturated heterocycles. The van der Waals surface area contributed by atoms with Crippen molar-refractivity contribution in [2.45, 2.75) is 44.4 Å². The van der Waals surface area contributed by atoms with E-state index in [4.69, 9.17) is 4.74 Å². The Bertz CT molecular complexity index is 514. The smallest absolute Gasteiger partial charge is 0.317 e. The standard InChI is InChI=1S/C16H21NO3/c1-20-16(19)13-12(9-10-5-3-2-4-6-10)11-7-8-17-14(11)15(13)18/h7-8,10,12-13,17H,2-6,9H2,1H3/t12-,13+/m1/s1. The predicted molar refractivity (Wildman–Crippen MR) is 74.6 cm³/mol. The summed E-state index contributed by atoms with van der Waals surface area (Å²) in [5, 5.41) is 0. The number of carbonyl (C=O) groups excluding carboxylic acids is 2. The van der Waals surface area contributed by atoms with Gasteiger partial charge in [0.15, 0.2) is 5.78 Å². The summed E-state index contributed by atoms with van der Waals surface area (Å²) in [7, 11) is 1.36. The quantitative estimate of drug-likeness (QED) is 0.681. The fourth-order valence-corrected chi connectivity index (χ4v) is 3.86. The summed E-state index contributed by atoms with van der Waals surface area (Å²) >= 11 is 0. The fraction of sp³-hybridized carbons (Fsp3) is 0.625. The number of Topliss-reactive ketones (excluding diaryl/α,β-unsaturated/α-hetero) is 1. The molecule has 1 heterocycles. The molecule has 2 atom stereocenters. The lowest BCUT2D eigenvalue weighted by molar-refractivity contribution is -0.144. The molecule has 3 rings (SSSR count). The third-order valence-corrected chi connectivity index (χ3v) is 4.88. The number of aromatic nitrogens is 1. The van der Waals surface area contributed by atoms with Gasteiger partial charge in [-0.1, -0.05) is 32.1 Å². The molecule has 0 radical (unpaired) electrons. The Kier molecular flexibility index (Phi) is 3.64. The molecule has 1 aromatic rings. The third kappa shape index (κ3) is 2.17. The Morgan fingerprint density at radius 2 is 2.10 bits per heavy atom. The number of ketones is 1. The van der Waals surface area contributed by atoms with Crippen molar-refractivity contribution >= 4 is 11.8 Å². The second kappa shape index (κ2) is 5.43. The van der Waals surface area contributed by atoms with Gasteiger partial charge in [-0.05, 0) is 24.0 Å². The van der Waals surface area contributed by atoms with Crippen LogP contribution in [0.2, 0.25) is 0 Å². The molecule has 0 aliphatic heterocycles. The molecule has 0 unspecified atom stereocenters. The van der Waals surface area contributed by atoms with Crippen molar-refractivity contribution in [1.29, 1.82) is 0 Å². The molecule has 0 aromatic carbocycles. The highest BCUT2D eigenvalue weighted by atomic mass is 16.5. The van der Waals surface area contributed by atoms with E-state index in [1.807, 2.05) is 6.07 Å². The number of carbonyl (C=O) groups is 2. The number of hydrogen-bond acceptors (Lipinski definition) is 3. The molecule has 1 aromatic heterocycles. The van der Waals surface area contributed by atoms with E-state index in [0.717, 1.165) is 12.0 Å². The van der Waals surface area contributed by atoms with Gasteiger partial charge in [0.05, 0.1) is 12.8 Å². The van der Waals surface area contributed by atoms with Crippen LogP contribution in [0, 0.1) is 11.8 Å². The van der Waals surface area contributed by atoms with E-state index in [1.165, 1.54) is 39.2 Å². The van der Waals surface area contributed by atoms with E-state index in [2.05, 4.69) is 4.98 Å². The molecule has 0 amide bonds. The van der Waals surface area contributed by atoms with Crippen LogP contribution in [-0.2, 0) is 9.53 Å². The lowest BCUT2D eigenvalue weighted by Crippen LogP contribution is -2.27. The van der Waals surface area contributed by atoms with Crippen molar-refractivity contribution in [2.75, 3.05) is 7.11 Å². The maximum Gasteiger partial charge on any atom is 0.317 e. The first-order valence-corrected chi connectivity index (χ1v) is 7.51. The minimum Gasteiger partial charge on any atom is -0.468 e. The van der Waals surface area contributed by atoms with Gasteiger partial charge < -0.3 is 9.72 Å². The number of hydrogen-bond donors (Lipinski definition) is 1. The molecule has 0 spiro atoms. The molecule has 1 fully saturated rings. The first kappa shape index (κ1) is 13.4. The van der Waals surface area contributed by atoms with Gasteiger partial charge >= 0.3 is 5.97 Å². The summed E-state index contributed by atoms with van der Waals surface area (Å²) in [6.45, 7) is 0. The van der Waals surface area contributed by atoms with Crippen LogP contribution in [0.3, 0.4) is 0 Å². The van der Waals surface area contributed by atoms with Gasteiger partial charge in [-0.15, -0.1) is 0 Å². The van der Waals surface area contributed by atoms with Crippen LogP contribution in [0.5, 0.6) is 0 Å². The van der Waals surface area contributed by atoms with E-state index in [0.29, 0.717) is 11.6 Å². The zero-order valence-electron chi connectivity index (χ0n) is 11.9. The van der Waals surface area contributed by atoms with Crippen molar-refractivity contribution < 1.29 is 14.3 Å². The second-order valence-electron chi connectivity index (χ2n) is 6.02. The molecular weight excluding hydrogens is 254 g/mol. The number of rotatable bonds is 3. The number of esters is 1. The van der Waals surface area contributed by atoms with Crippen LogP contribution in [0.1, 0.15) is 60.5 Å². The maximum absolute atomic E-state index is 12.4. The van der Waals surface area contributed by atoms with Crippen LogP contribution >= 0.6 is 0 Å². The van der Waals surface area contributed by atoms with Gasteiger partial charge in [-0.25, -0.2) is 0 Å². The van der Waals surface area contributed by atoms with Crippen LogP contribution in [0.15, 0.2) is 12.3 Å². The van der Waals surface area contributed by atoms with E-state index in [-0.39, 0.29) is 17.7 Å². The summed E-state index contributed by atoms with van der Waals surface area (Å²) in [6.07, 6.45) is 9.02. The Balaban J connectivity index is 1.84. The predicted octanol–water partition coefficient (Wildman–Crippen LogP) is 3.05. The number of fused-ring (bicyclic) bond motifs is 1. The van der Waals surface area contributed by atoms with Crippen molar-refractivity contribution in [3.05, 3.63) is 23.5 Å². The summed E-state index contributed by atoms with van der Waals surface area (Å²) in [5.41, 5.74) is 1.62. The molecule has 2 aliphatic rings. The third-order valence-electron chi connectivity index (χ3n) is 4.88. The van der Waals surface area contributed by atoms with E-state index < -0.39 is 5.92 Å². The van der Waals surface area contributed by atoms with Crippen LogP contribution < -0.4 is 0 Å². The Hall–Kier alpha value is -1.58. The number of nitrogens with one attached hydrogen (secondary N) is 1. The number of ether oxygens (including phenoxy) is 1. The molecule has 2 aliphatic carbocycles. The number of methoxy groups -OCH3 is 1. The van der Waals surface area contributed by atoms with Crippen LogP contribution in [0.4, 0.5) is 0 Å². The van der Waals surface area contributed by atoms with Gasteiger partial charge in [-0.3, -0.25) is 9.59 Å². The van der Waals surface area contributed by atoms with E-state index in [9.17, 15) is 9.59 Å². The van der Waals surface area contributed by atoms with Crippen LogP contribution in [-0.4, -0.2) is 23.8 Å². The Morgan fingerprint density at radius 3 is 2.80 bits per heavy atom. The molecule has 1 N–H and O–H groups in total. The molecule has 20 heavy (non-hydrogen) atoms. The summed E-state index contributed by atoms with van der Waals surface area (Å²) in [5.74, 6) is -0.490. The average Bonchev–Trinajstić information content (AvgIpc) is 3.04. The van der Waals surface area contributed by atoms with Crippen molar-refractivity contribution in [1.82, 2.24) is 4.98 Å². The van der Waals surface area contributed by atoms with Crippen LogP contribution in [0.25, 0.3) is 0 Å². The molecular formula is C16H21NO3. The molecule has 108 valence electrons. The largest absolute Gasteiger partial charge is 0.468 e. The summed E-state index contributed by atoms with van der Waals surface area (Å²) in [4.78, 5) is 27.4. The zero-order chi connectivity index (χ0) is 14.1. The number of aromatic amines is 1. The van der Waals surface area contributed by atoms with Gasteiger partial charge in [-0.2, -0.15) is 0 Å². The van der Waals surface area contributed by atoms with Crippen molar-refractivity contribution in [3.8, 4) is 0 Å². The maximum atomic E-state index is 12.4. The first-order chi connectivity index (χ1) is 9.72. The highest BCUT2D eigenvalue weighted by Gasteiger charge is 2.46. The Labute approximate surface area is 118 Å². The summed E-state index contributed by atoms with van der Waals surface area (Å²) in [6, 6.07) is 1.95. The minimum atomic E-state index is -0.635. The number of H-pyrrole nitrogens is 1. The van der Waals surface area contributed by atoms with Gasteiger partial charge in [0.25, 0.3) is 0 Å². The van der Waals surface area contributed by atoms with Gasteiger partial charge in [0.1, 0.15) is 5.92 Å². The van der Waals surface area contributed by atoms with Crippen molar-refractivity contribution in [2.24, 2.45) is 11.8 Å². The SMILES string of the molecule is COC(=O)[C@@H]1C(=O)c2[nH]ccc2[C@H]1CC1CCCCC1. The minimum absolute atomic E-state index is 0.000648. The van der Waals surface area contributed by atoms with E-state index >= 15 is 0 Å². The monoisotopic (exact) mass is 275 g/mol. The molecule has 4 heteroatoms. The molecule has 0 bridgehead atoms. The van der Waals surface area contributed by atoms with Gasteiger partial charge in [0.2, 0.25) is 0 Å². The topological polar surface area (TPSA) is 59.2 Å².